The summed E-state index contributed by atoms with van der Waals surface area (Å²) in [6, 6.07) is 0. The van der Waals surface area contributed by atoms with E-state index < -0.39 is 0 Å². The summed E-state index contributed by atoms with van der Waals surface area (Å²) in [5.74, 6) is 0.990. The molecule has 4 heteroatoms. The molecule has 1 aromatic rings. The van der Waals surface area contributed by atoms with Crippen molar-refractivity contribution >= 4 is 5.82 Å². The quantitative estimate of drug-likeness (QED) is 0.677. The van der Waals surface area contributed by atoms with Crippen molar-refractivity contribution in [2.45, 2.75) is 13.3 Å². The van der Waals surface area contributed by atoms with Gasteiger partial charge in [0, 0.05) is 0 Å². The molecule has 1 aromatic heterocycles. The second-order valence-corrected chi connectivity index (χ2v) is 2.10. The number of aromatic nitrogens is 2. The summed E-state index contributed by atoms with van der Waals surface area (Å²) in [5, 5.41) is 0. The Morgan fingerprint density at radius 3 is 2.91 bits per heavy atom. The van der Waals surface area contributed by atoms with Crippen molar-refractivity contribution in [2.75, 3.05) is 12.8 Å². The molecule has 0 bridgehead atoms. The van der Waals surface area contributed by atoms with E-state index >= 15 is 0 Å². The number of rotatable bonds is 2. The summed E-state index contributed by atoms with van der Waals surface area (Å²) in [6.07, 6.45) is 2.28. The molecule has 0 spiro atoms. The van der Waals surface area contributed by atoms with Gasteiger partial charge in [-0.3, -0.25) is 0 Å². The molecule has 1 rings (SSSR count). The Labute approximate surface area is 65.4 Å². The molecule has 0 amide bonds. The molecule has 0 saturated carbocycles. The Balaban J connectivity index is 3.02. The summed E-state index contributed by atoms with van der Waals surface area (Å²) in [7, 11) is 1.56. The predicted octanol–water partition coefficient (Wildman–Crippen LogP) is 0.630. The van der Waals surface area contributed by atoms with Gasteiger partial charge in [0.25, 0.3) is 0 Å². The van der Waals surface area contributed by atoms with Crippen molar-refractivity contribution in [3.05, 3.63) is 11.9 Å². The molecule has 0 saturated heterocycles. The third-order valence-corrected chi connectivity index (χ3v) is 1.40. The lowest BCUT2D eigenvalue weighted by Crippen LogP contribution is -2.01. The molecule has 0 aliphatic heterocycles. The van der Waals surface area contributed by atoms with Gasteiger partial charge < -0.3 is 10.5 Å². The van der Waals surface area contributed by atoms with Crippen LogP contribution in [0.25, 0.3) is 0 Å². The van der Waals surface area contributed by atoms with Crippen LogP contribution in [0.4, 0.5) is 5.82 Å². The van der Waals surface area contributed by atoms with Gasteiger partial charge in [0.1, 0.15) is 5.82 Å². The van der Waals surface area contributed by atoms with Crippen LogP contribution >= 0.6 is 0 Å². The summed E-state index contributed by atoms with van der Waals surface area (Å²) in [5.41, 5.74) is 6.31. The van der Waals surface area contributed by atoms with Crippen LogP contribution in [-0.2, 0) is 6.42 Å². The molecule has 0 aliphatic rings. The van der Waals surface area contributed by atoms with E-state index in [2.05, 4.69) is 9.97 Å². The highest BCUT2D eigenvalue weighted by molar-refractivity contribution is 5.35. The lowest BCUT2D eigenvalue weighted by molar-refractivity contribution is 0.394. The van der Waals surface area contributed by atoms with Crippen molar-refractivity contribution in [1.29, 1.82) is 0 Å². The second kappa shape index (κ2) is 3.18. The number of ether oxygens (including phenoxy) is 1. The molecule has 0 unspecified atom stereocenters. The van der Waals surface area contributed by atoms with Crippen LogP contribution in [0.5, 0.6) is 5.88 Å². The normalized spacial score (nSPS) is 9.64. The molecule has 1 heterocycles. The maximum Gasteiger partial charge on any atom is 0.232 e. The lowest BCUT2D eigenvalue weighted by atomic mass is 10.3. The van der Waals surface area contributed by atoms with Crippen LogP contribution in [0.2, 0.25) is 0 Å². The smallest absolute Gasteiger partial charge is 0.232 e. The first-order chi connectivity index (χ1) is 5.27. The van der Waals surface area contributed by atoms with E-state index in [0.717, 1.165) is 12.1 Å². The van der Waals surface area contributed by atoms with Crippen LogP contribution in [0.3, 0.4) is 0 Å². The van der Waals surface area contributed by atoms with Crippen molar-refractivity contribution in [2.24, 2.45) is 0 Å². The molecular formula is C7H11N3O. The number of nitrogens with two attached hydrogens (primary N) is 1. The van der Waals surface area contributed by atoms with Crippen LogP contribution in [0.15, 0.2) is 6.20 Å². The van der Waals surface area contributed by atoms with Gasteiger partial charge in [-0.25, -0.2) is 9.97 Å². The maximum atomic E-state index is 5.53. The monoisotopic (exact) mass is 153 g/mol. The maximum absolute atomic E-state index is 5.53. The number of nitrogens with zero attached hydrogens (tertiary/aromatic N) is 2. The van der Waals surface area contributed by atoms with E-state index in [1.165, 1.54) is 6.20 Å². The van der Waals surface area contributed by atoms with Gasteiger partial charge in [-0.2, -0.15) is 0 Å². The molecule has 0 fully saturated rings. The Morgan fingerprint density at radius 1 is 1.64 bits per heavy atom. The van der Waals surface area contributed by atoms with Gasteiger partial charge >= 0.3 is 0 Å². The molecule has 4 nitrogen and oxygen atoms in total. The Morgan fingerprint density at radius 2 is 2.36 bits per heavy atom. The fraction of sp³-hybridized carbons (Fsp3) is 0.429. The fourth-order valence-corrected chi connectivity index (χ4v) is 0.777. The minimum atomic E-state index is 0.480. The Bertz CT molecular complexity index is 249. The van der Waals surface area contributed by atoms with E-state index in [9.17, 15) is 0 Å². The lowest BCUT2D eigenvalue weighted by Gasteiger charge is -2.02. The highest BCUT2D eigenvalue weighted by atomic mass is 16.5. The van der Waals surface area contributed by atoms with Crippen LogP contribution < -0.4 is 10.5 Å². The van der Waals surface area contributed by atoms with Crippen molar-refractivity contribution < 1.29 is 4.74 Å². The Kier molecular flexibility index (Phi) is 2.25. The summed E-state index contributed by atoms with van der Waals surface area (Å²) < 4.78 is 4.88. The molecule has 11 heavy (non-hydrogen) atoms. The molecule has 0 aromatic carbocycles. The minimum Gasteiger partial charge on any atom is -0.480 e. The van der Waals surface area contributed by atoms with Crippen LogP contribution in [0, 0.1) is 0 Å². The van der Waals surface area contributed by atoms with Gasteiger partial charge in [0.05, 0.1) is 19.0 Å². The SMILES string of the molecule is CCc1nc(OC)cnc1N. The van der Waals surface area contributed by atoms with Gasteiger partial charge in [0.15, 0.2) is 0 Å². The predicted molar refractivity (Wildman–Crippen MR) is 42.4 cm³/mol. The third kappa shape index (κ3) is 1.58. The van der Waals surface area contributed by atoms with E-state index in [-0.39, 0.29) is 0 Å². The topological polar surface area (TPSA) is 61.0 Å². The molecule has 60 valence electrons. The van der Waals surface area contributed by atoms with Crippen LogP contribution in [-0.4, -0.2) is 17.1 Å². The fourth-order valence-electron chi connectivity index (χ4n) is 0.777. The van der Waals surface area contributed by atoms with Gasteiger partial charge in [-0.15, -0.1) is 0 Å². The molecular weight excluding hydrogens is 142 g/mol. The summed E-state index contributed by atoms with van der Waals surface area (Å²) in [4.78, 5) is 8.01. The minimum absolute atomic E-state index is 0.480. The van der Waals surface area contributed by atoms with Gasteiger partial charge in [0.2, 0.25) is 5.88 Å². The third-order valence-electron chi connectivity index (χ3n) is 1.40. The molecule has 0 radical (unpaired) electrons. The first kappa shape index (κ1) is 7.78. The van der Waals surface area contributed by atoms with Gasteiger partial charge in [-0.1, -0.05) is 6.92 Å². The number of hydrogen-bond donors (Lipinski definition) is 1. The Hall–Kier alpha value is -1.32. The van der Waals surface area contributed by atoms with E-state index in [1.54, 1.807) is 7.11 Å². The van der Waals surface area contributed by atoms with Gasteiger partial charge in [-0.05, 0) is 6.42 Å². The molecule has 2 N–H and O–H groups in total. The summed E-state index contributed by atoms with van der Waals surface area (Å²) in [6.45, 7) is 1.97. The number of methoxy groups -OCH3 is 1. The standard InChI is InChI=1S/C7H11N3O/c1-3-5-7(8)9-4-6(10-5)11-2/h4H,3H2,1-2H3,(H2,8,9). The average Bonchev–Trinajstić information content (AvgIpc) is 2.05. The highest BCUT2D eigenvalue weighted by Gasteiger charge is 2.00. The highest BCUT2D eigenvalue weighted by Crippen LogP contribution is 2.10. The van der Waals surface area contributed by atoms with Crippen molar-refractivity contribution in [3.8, 4) is 5.88 Å². The zero-order valence-corrected chi connectivity index (χ0v) is 6.66. The van der Waals surface area contributed by atoms with E-state index in [4.69, 9.17) is 10.5 Å². The van der Waals surface area contributed by atoms with E-state index in [0.29, 0.717) is 11.7 Å². The zero-order chi connectivity index (χ0) is 8.27. The van der Waals surface area contributed by atoms with Crippen LogP contribution in [0.1, 0.15) is 12.6 Å². The average molecular weight is 153 g/mol. The number of nitrogen functional groups attached to an aromatic ring is 1. The number of aryl methyl sites for hydroxylation is 1. The number of anilines is 1. The summed E-state index contributed by atoms with van der Waals surface area (Å²) >= 11 is 0. The zero-order valence-electron chi connectivity index (χ0n) is 6.66. The molecule has 0 atom stereocenters. The van der Waals surface area contributed by atoms with E-state index in [1.807, 2.05) is 6.92 Å². The number of hydrogen-bond acceptors (Lipinski definition) is 4. The first-order valence-electron chi connectivity index (χ1n) is 3.43. The first-order valence-corrected chi connectivity index (χ1v) is 3.43. The van der Waals surface area contributed by atoms with Crippen molar-refractivity contribution in [1.82, 2.24) is 9.97 Å². The molecule has 0 aliphatic carbocycles. The largest absolute Gasteiger partial charge is 0.480 e. The second-order valence-electron chi connectivity index (χ2n) is 2.10. The van der Waals surface area contributed by atoms with Crippen molar-refractivity contribution in [3.63, 3.8) is 0 Å².